The molecule has 172 valence electrons. The summed E-state index contributed by atoms with van der Waals surface area (Å²) in [6, 6.07) is 6.43. The lowest BCUT2D eigenvalue weighted by Crippen LogP contribution is -2.45. The Hall–Kier alpha value is -3.66. The molecule has 1 aliphatic heterocycles. The molecule has 0 aromatic carbocycles. The van der Waals surface area contributed by atoms with Crippen LogP contribution in [0.5, 0.6) is 0 Å². The van der Waals surface area contributed by atoms with Gasteiger partial charge < -0.3 is 24.9 Å². The highest BCUT2D eigenvalue weighted by Crippen LogP contribution is 2.31. The van der Waals surface area contributed by atoms with E-state index in [9.17, 15) is 14.4 Å². The lowest BCUT2D eigenvalue weighted by Gasteiger charge is -2.33. The van der Waals surface area contributed by atoms with E-state index in [2.05, 4.69) is 20.6 Å². The van der Waals surface area contributed by atoms with Gasteiger partial charge in [-0.1, -0.05) is 11.6 Å². The van der Waals surface area contributed by atoms with Crippen molar-refractivity contribution in [2.24, 2.45) is 5.92 Å². The summed E-state index contributed by atoms with van der Waals surface area (Å²) < 4.78 is 5.72. The molecule has 0 saturated carbocycles. The molecule has 1 aliphatic rings. The van der Waals surface area contributed by atoms with Gasteiger partial charge in [0, 0.05) is 45.5 Å². The second kappa shape index (κ2) is 9.45. The minimum atomic E-state index is -0.579. The molecule has 0 spiro atoms. The van der Waals surface area contributed by atoms with Crippen LogP contribution in [-0.4, -0.2) is 64.8 Å². The summed E-state index contributed by atoms with van der Waals surface area (Å²) >= 11 is 5.84. The molecule has 1 fully saturated rings. The SMILES string of the molecule is CN(C)C(=O)N1CCC(C(=O)Nc2c(C(=O)Nc3ccc(Cl)cn3)oc3cccnc23)CC1. The largest absolute Gasteiger partial charge is 0.447 e. The van der Waals surface area contributed by atoms with Gasteiger partial charge in [0.15, 0.2) is 5.58 Å². The Balaban J connectivity index is 1.52. The molecular weight excluding hydrogens is 448 g/mol. The molecule has 0 bridgehead atoms. The van der Waals surface area contributed by atoms with Crippen LogP contribution in [0.15, 0.2) is 41.1 Å². The van der Waals surface area contributed by atoms with Crippen molar-refractivity contribution in [3.8, 4) is 0 Å². The second-order valence-electron chi connectivity index (χ2n) is 7.90. The van der Waals surface area contributed by atoms with Gasteiger partial charge in [-0.15, -0.1) is 0 Å². The molecule has 4 rings (SSSR count). The van der Waals surface area contributed by atoms with Crippen molar-refractivity contribution in [3.63, 3.8) is 0 Å². The molecule has 0 radical (unpaired) electrons. The fourth-order valence-electron chi connectivity index (χ4n) is 3.67. The van der Waals surface area contributed by atoms with E-state index in [1.807, 2.05) is 0 Å². The van der Waals surface area contributed by atoms with E-state index >= 15 is 0 Å². The van der Waals surface area contributed by atoms with Crippen LogP contribution in [-0.2, 0) is 4.79 Å². The number of amides is 4. The maximum Gasteiger partial charge on any atom is 0.319 e. The van der Waals surface area contributed by atoms with Crippen molar-refractivity contribution in [3.05, 3.63) is 47.4 Å². The normalized spacial score (nSPS) is 14.2. The van der Waals surface area contributed by atoms with Gasteiger partial charge in [-0.3, -0.25) is 14.6 Å². The molecule has 11 heteroatoms. The van der Waals surface area contributed by atoms with Gasteiger partial charge in [0.25, 0.3) is 5.91 Å². The molecule has 2 N–H and O–H groups in total. The number of pyridine rings is 2. The number of nitrogens with zero attached hydrogens (tertiary/aromatic N) is 4. The van der Waals surface area contributed by atoms with Gasteiger partial charge in [-0.05, 0) is 37.1 Å². The van der Waals surface area contributed by atoms with Crippen LogP contribution in [0.25, 0.3) is 11.1 Å². The highest BCUT2D eigenvalue weighted by molar-refractivity contribution is 6.30. The molecule has 0 aliphatic carbocycles. The van der Waals surface area contributed by atoms with E-state index < -0.39 is 5.91 Å². The van der Waals surface area contributed by atoms with Crippen LogP contribution in [0.1, 0.15) is 23.4 Å². The van der Waals surface area contributed by atoms with Crippen molar-refractivity contribution in [2.75, 3.05) is 37.8 Å². The molecule has 10 nitrogen and oxygen atoms in total. The van der Waals surface area contributed by atoms with Gasteiger partial charge in [-0.2, -0.15) is 0 Å². The number of anilines is 2. The zero-order chi connectivity index (χ0) is 23.5. The van der Waals surface area contributed by atoms with Crippen molar-refractivity contribution in [1.29, 1.82) is 0 Å². The number of halogens is 1. The summed E-state index contributed by atoms with van der Waals surface area (Å²) in [6.07, 6.45) is 4.00. The Morgan fingerprint density at radius 3 is 2.55 bits per heavy atom. The van der Waals surface area contributed by atoms with Gasteiger partial charge in [0.2, 0.25) is 11.7 Å². The summed E-state index contributed by atoms with van der Waals surface area (Å²) in [6.45, 7) is 0.962. The molecule has 3 aromatic heterocycles. The molecule has 0 atom stereocenters. The third-order valence-electron chi connectivity index (χ3n) is 5.39. The first-order chi connectivity index (χ1) is 15.8. The number of fused-ring (bicyclic) bond motifs is 1. The lowest BCUT2D eigenvalue weighted by atomic mass is 9.96. The number of urea groups is 1. The fraction of sp³-hybridized carbons (Fsp3) is 0.318. The summed E-state index contributed by atoms with van der Waals surface area (Å²) in [5.74, 6) is -0.927. The van der Waals surface area contributed by atoms with Gasteiger partial charge >= 0.3 is 6.03 Å². The summed E-state index contributed by atoms with van der Waals surface area (Å²) in [4.78, 5) is 49.7. The zero-order valence-corrected chi connectivity index (χ0v) is 18.9. The van der Waals surface area contributed by atoms with E-state index in [4.69, 9.17) is 16.0 Å². The van der Waals surface area contributed by atoms with Gasteiger partial charge in [-0.25, -0.2) is 9.78 Å². The Kier molecular flexibility index (Phi) is 6.45. The zero-order valence-electron chi connectivity index (χ0n) is 18.2. The second-order valence-corrected chi connectivity index (χ2v) is 8.34. The number of carbonyl (C=O) groups excluding carboxylic acids is 3. The monoisotopic (exact) mass is 470 g/mol. The van der Waals surface area contributed by atoms with Crippen molar-refractivity contribution < 1.29 is 18.8 Å². The molecule has 33 heavy (non-hydrogen) atoms. The van der Waals surface area contributed by atoms with Crippen LogP contribution in [0, 0.1) is 5.92 Å². The smallest absolute Gasteiger partial charge is 0.319 e. The molecular formula is C22H23ClN6O4. The minimum absolute atomic E-state index is 0.0750. The minimum Gasteiger partial charge on any atom is -0.447 e. The molecule has 0 unspecified atom stereocenters. The van der Waals surface area contributed by atoms with E-state index in [0.29, 0.717) is 42.1 Å². The average Bonchev–Trinajstić information content (AvgIpc) is 3.18. The molecule has 1 saturated heterocycles. The number of furan rings is 1. The van der Waals surface area contributed by atoms with Crippen LogP contribution in [0.4, 0.5) is 16.3 Å². The number of nitrogens with one attached hydrogen (secondary N) is 2. The number of hydrogen-bond acceptors (Lipinski definition) is 6. The van der Waals surface area contributed by atoms with Crippen LogP contribution in [0.2, 0.25) is 5.02 Å². The number of hydrogen-bond donors (Lipinski definition) is 2. The Morgan fingerprint density at radius 1 is 1.12 bits per heavy atom. The van der Waals surface area contributed by atoms with Crippen LogP contribution in [0.3, 0.4) is 0 Å². The summed E-state index contributed by atoms with van der Waals surface area (Å²) in [7, 11) is 3.40. The van der Waals surface area contributed by atoms with Gasteiger partial charge in [0.1, 0.15) is 17.0 Å². The average molecular weight is 471 g/mol. The molecule has 4 amide bonds. The first-order valence-corrected chi connectivity index (χ1v) is 10.8. The van der Waals surface area contributed by atoms with E-state index in [0.717, 1.165) is 0 Å². The fourth-order valence-corrected chi connectivity index (χ4v) is 3.78. The number of aromatic nitrogens is 2. The molecule has 3 aromatic rings. The van der Waals surface area contributed by atoms with Crippen LogP contribution >= 0.6 is 11.6 Å². The number of likely N-dealkylation sites (tertiary alicyclic amines) is 1. The van der Waals surface area contributed by atoms with Crippen molar-refractivity contribution in [2.45, 2.75) is 12.8 Å². The Labute approximate surface area is 194 Å². The maximum absolute atomic E-state index is 13.0. The van der Waals surface area contributed by atoms with E-state index in [1.54, 1.807) is 49.5 Å². The third-order valence-corrected chi connectivity index (χ3v) is 5.61. The highest BCUT2D eigenvalue weighted by Gasteiger charge is 2.30. The Morgan fingerprint density at radius 2 is 1.88 bits per heavy atom. The van der Waals surface area contributed by atoms with Crippen LogP contribution < -0.4 is 10.6 Å². The summed E-state index contributed by atoms with van der Waals surface area (Å²) in [5.41, 5.74) is 0.947. The van der Waals surface area contributed by atoms with E-state index in [1.165, 1.54) is 11.1 Å². The standard InChI is InChI=1S/C22H23ClN6O4/c1-28(2)22(32)29-10-7-13(8-11-29)20(30)27-18-17-15(4-3-9-24-17)33-19(18)21(31)26-16-6-5-14(23)12-25-16/h3-6,9,12-13H,7-8,10-11H2,1-2H3,(H,27,30)(H,25,26,31). The maximum atomic E-state index is 13.0. The highest BCUT2D eigenvalue weighted by atomic mass is 35.5. The lowest BCUT2D eigenvalue weighted by molar-refractivity contribution is -0.121. The summed E-state index contributed by atoms with van der Waals surface area (Å²) in [5, 5.41) is 5.91. The predicted octanol–water partition coefficient (Wildman–Crippen LogP) is 3.46. The number of carbonyl (C=O) groups is 3. The topological polar surface area (TPSA) is 121 Å². The predicted molar refractivity (Wildman–Crippen MR) is 123 cm³/mol. The van der Waals surface area contributed by atoms with Crippen molar-refractivity contribution >= 4 is 52.1 Å². The first-order valence-electron chi connectivity index (χ1n) is 10.4. The van der Waals surface area contributed by atoms with Gasteiger partial charge in [0.05, 0.1) is 5.02 Å². The number of piperidine rings is 1. The van der Waals surface area contributed by atoms with Crippen molar-refractivity contribution in [1.82, 2.24) is 19.8 Å². The van der Waals surface area contributed by atoms with E-state index in [-0.39, 0.29) is 35.1 Å². The number of rotatable bonds is 4. The Bertz CT molecular complexity index is 1190. The third kappa shape index (κ3) is 4.90. The quantitative estimate of drug-likeness (QED) is 0.602. The first kappa shape index (κ1) is 22.5. The molecule has 4 heterocycles.